The van der Waals surface area contributed by atoms with Gasteiger partial charge in [-0.3, -0.25) is 103 Å². The average Bonchev–Trinajstić information content (AvgIpc) is 0.762. The van der Waals surface area contributed by atoms with Gasteiger partial charge in [-0.05, 0) is 105 Å². The van der Waals surface area contributed by atoms with Crippen LogP contribution in [0.3, 0.4) is 0 Å². The number of amides is 7. The van der Waals surface area contributed by atoms with Gasteiger partial charge in [-0.1, -0.05) is 54.6 Å². The summed E-state index contributed by atoms with van der Waals surface area (Å²) in [7, 11) is 5.01. The molecule has 0 bridgehead atoms. The molecule has 0 spiro atoms. The van der Waals surface area contributed by atoms with Gasteiger partial charge in [-0.2, -0.15) is 0 Å². The van der Waals surface area contributed by atoms with Crippen molar-refractivity contribution in [3.05, 3.63) is 95.6 Å². The largest absolute Gasteiger partial charge is 0.497 e. The molecule has 0 aromatic heterocycles. The van der Waals surface area contributed by atoms with Crippen LogP contribution in [0.15, 0.2) is 78.9 Å². The summed E-state index contributed by atoms with van der Waals surface area (Å²) in [5, 5.41) is 10.8. The van der Waals surface area contributed by atoms with E-state index in [1.165, 1.54) is 39.9 Å². The molecule has 16 atom stereocenters. The van der Waals surface area contributed by atoms with E-state index in [2.05, 4.69) is 34.0 Å². The molecule has 0 radical (unpaired) electrons. The number of methoxy groups -OCH3 is 2. The smallest absolute Gasteiger partial charge is 0.307 e. The fourth-order valence-corrected chi connectivity index (χ4v) is 16.9. The highest BCUT2D eigenvalue weighted by Gasteiger charge is 2.55. The lowest BCUT2D eigenvalue weighted by atomic mass is 9.80. The molecule has 7 amide bonds. The molecule has 3 saturated heterocycles. The number of benzene rings is 3. The lowest BCUT2D eigenvalue weighted by molar-refractivity contribution is -0.277. The maximum absolute atomic E-state index is 16.1. The van der Waals surface area contributed by atoms with Crippen LogP contribution in [0.4, 0.5) is 0 Å². The van der Waals surface area contributed by atoms with Crippen LogP contribution in [-0.4, -0.2) is 308 Å². The third-order valence-corrected chi connectivity index (χ3v) is 23.0. The Morgan fingerprint density at radius 3 is 1.14 bits per heavy atom. The summed E-state index contributed by atoms with van der Waals surface area (Å²) in [6, 6.07) is 19.2. The molecule has 788 valence electrons. The number of hydrogen-bond donors (Lipinski definition) is 5. The number of hydrogen-bond acceptors (Lipinski definition) is 39. The lowest BCUT2D eigenvalue weighted by Crippen LogP contribution is -2.66. The molecule has 6 rings (SSSR count). The normalized spacial score (nSPS) is 21.0. The number of nitrogens with zero attached hydrogens (tertiary/aromatic N) is 2. The zero-order valence-corrected chi connectivity index (χ0v) is 85.0. The minimum absolute atomic E-state index is 0.0254. The number of ether oxygens (including phenoxy) is 19. The second-order valence-electron chi connectivity index (χ2n) is 33.5. The van der Waals surface area contributed by atoms with Gasteiger partial charge in [0.05, 0.1) is 27.2 Å². The Morgan fingerprint density at radius 2 is 0.761 bits per heavy atom. The molecule has 3 aromatic rings. The van der Waals surface area contributed by atoms with Crippen LogP contribution in [0.1, 0.15) is 203 Å². The second kappa shape index (κ2) is 62.2. The third kappa shape index (κ3) is 41.5. The zero-order chi connectivity index (χ0) is 105. The summed E-state index contributed by atoms with van der Waals surface area (Å²) in [4.78, 5) is 238. The van der Waals surface area contributed by atoms with Gasteiger partial charge in [0.1, 0.15) is 79.1 Å². The molecular formula is C95H133N7O37PS2-. The summed E-state index contributed by atoms with van der Waals surface area (Å²) in [6.45, 7) is 10.8. The molecule has 142 heavy (non-hydrogen) atoms. The van der Waals surface area contributed by atoms with E-state index in [1.807, 2.05) is 12.1 Å². The molecule has 3 aliphatic heterocycles. The summed E-state index contributed by atoms with van der Waals surface area (Å²) < 4.78 is 113. The van der Waals surface area contributed by atoms with Crippen LogP contribution in [0.2, 0.25) is 0 Å². The van der Waals surface area contributed by atoms with Crippen LogP contribution in [0.5, 0.6) is 11.5 Å². The zero-order valence-electron chi connectivity index (χ0n) is 82.4. The molecule has 3 heterocycles. The number of Topliss-reactive ketones (excluding diaryl/α,β-unsaturated/α-hetero) is 1. The number of rotatable bonds is 60. The molecule has 3 aromatic carbocycles. The number of carbonyl (C=O) groups is 18. The van der Waals surface area contributed by atoms with Gasteiger partial charge < -0.3 is 126 Å². The van der Waals surface area contributed by atoms with Crippen molar-refractivity contribution in [2.24, 2.45) is 0 Å². The summed E-state index contributed by atoms with van der Waals surface area (Å²) in [5.74, 6) is -11.2. The van der Waals surface area contributed by atoms with Gasteiger partial charge in [0.25, 0.3) is 5.91 Å². The Hall–Kier alpha value is -11.5. The topological polar surface area (TPSA) is 549 Å². The van der Waals surface area contributed by atoms with Gasteiger partial charge in [0.2, 0.25) is 41.5 Å². The second-order valence-corrected chi connectivity index (χ2v) is 37.3. The summed E-state index contributed by atoms with van der Waals surface area (Å²) in [5.41, 5.74) is 0.00777. The van der Waals surface area contributed by atoms with Crippen molar-refractivity contribution in [3.63, 3.8) is 0 Å². The minimum atomic E-state index is -1.81. The number of nitrogens with one attached hydrogen (secondary N) is 5. The van der Waals surface area contributed by atoms with E-state index < -0.39 is 253 Å². The number of esters is 10. The van der Waals surface area contributed by atoms with E-state index >= 15 is 4.79 Å². The molecule has 44 nitrogen and oxygen atoms in total. The summed E-state index contributed by atoms with van der Waals surface area (Å²) >= 11 is 5.14. The number of ketones is 1. The molecule has 0 aliphatic carbocycles. The van der Waals surface area contributed by atoms with Gasteiger partial charge in [0, 0.05) is 168 Å². The van der Waals surface area contributed by atoms with Crippen LogP contribution < -0.4 is 35.5 Å². The lowest BCUT2D eigenvalue weighted by Gasteiger charge is -2.44. The first-order valence-electron chi connectivity index (χ1n) is 46.5. The molecule has 0 saturated carbocycles. The van der Waals surface area contributed by atoms with Crippen LogP contribution in [0.25, 0.3) is 0 Å². The molecular weight excluding hydrogens is 1930 g/mol. The molecule has 7 unspecified atom stereocenters. The first kappa shape index (κ1) is 119. The van der Waals surface area contributed by atoms with Crippen LogP contribution in [-0.2, 0) is 192 Å². The van der Waals surface area contributed by atoms with Crippen molar-refractivity contribution in [1.29, 1.82) is 0 Å². The van der Waals surface area contributed by atoms with Crippen molar-refractivity contribution in [1.82, 2.24) is 35.8 Å². The Kier molecular flexibility index (Phi) is 52.2. The quantitative estimate of drug-likeness (QED) is 0.0128. The van der Waals surface area contributed by atoms with E-state index in [0.717, 1.165) is 62.3 Å². The van der Waals surface area contributed by atoms with Crippen molar-refractivity contribution in [2.75, 3.05) is 93.2 Å². The monoisotopic (exact) mass is 2060 g/mol. The van der Waals surface area contributed by atoms with Gasteiger partial charge >= 0.3 is 59.7 Å². The van der Waals surface area contributed by atoms with E-state index in [1.54, 1.807) is 71.6 Å². The van der Waals surface area contributed by atoms with Crippen molar-refractivity contribution in [2.45, 2.75) is 289 Å². The maximum Gasteiger partial charge on any atom is 0.307 e. The fourth-order valence-electron chi connectivity index (χ4n) is 15.9. The van der Waals surface area contributed by atoms with Gasteiger partial charge in [-0.15, -0.1) is 0 Å². The SMILES string of the molecule is COc1ccc(C(OCC(OC(=O)CCC(=O)N[S-](=P)=S)C(=O)N(CCCNC(=O)CCCCO[C@@H]2OC(COC(C)=O)[C@H](OC(C)=O)[C@H](OC(C)=O)C2NC(C)=O)CCCN(CCCCC(=O)CCCCO[C@@H]2OC(COC(C)=O)[C@H](OC(C)=O)[C@H](OC(C)=O)C2NC(C)=O)C(=O)CCCCO[C@@H]2OC(COC(C)=O)[C@H](OC(C)=O)[C@H](OC(C)=O)C2NC(C)=O)(c2ccccc2)c2ccc(OC)cc2)cc1. The third-order valence-electron chi connectivity index (χ3n) is 22.0. The first-order chi connectivity index (χ1) is 67.5. The molecule has 3 aliphatic rings. The van der Waals surface area contributed by atoms with E-state index in [4.69, 9.17) is 101 Å². The molecule has 5 N–H and O–H groups in total. The molecule has 3 fully saturated rings. The highest BCUT2D eigenvalue weighted by atomic mass is 32.9. The van der Waals surface area contributed by atoms with Crippen LogP contribution in [0, 0.1) is 0 Å². The van der Waals surface area contributed by atoms with Gasteiger partial charge in [0.15, 0.2) is 55.5 Å². The highest BCUT2D eigenvalue weighted by molar-refractivity contribution is 8.38. The fraction of sp³-hybridized carbons (Fsp3) is 0.621. The van der Waals surface area contributed by atoms with E-state index in [0.29, 0.717) is 28.2 Å². The average molecular weight is 2060 g/mol. The van der Waals surface area contributed by atoms with E-state index in [-0.39, 0.29) is 148 Å². The standard InChI is InChI=1S/C95H133N7O37PS2/c1-56(103)97-82-88(133-65(10)112)85(130-62(7)109)74(52-126-59(4)106)137-92(82)123-49-23-19-31-71(115)30-18-22-45-101(80(118)33-21-25-51-125-94-84(99-58(3)105)90(135-67(12)114)87(132-64(9)111)76(139-94)54-128-61(6)108)47-27-48-102(46-26-44-96-78(116)32-20-24-50-124-93-83(98-57(2)104)89(134-66(11)113)86(131-63(8)110)75(138-93)53-127-60(5)107)91(120)77(136-81(119)43-42-79(117)100-142(140)141)55-129-95(68-28-16-15-17-29-68,69-34-38-72(121-13)39-35-69)70-36-40-73(122-14)41-37-70/h15-17,28-29,34-41,74-77,82-90,92-94,140H,18-27,30-33,42-55H2,1-14H3,(H,96,116)(H,97,103)(H,98,104)(H,99,105)(H,100,117,141)/q-1/t74?,75?,76?,77?,82?,83?,84?,85-,86-,87-,88+,89+,90+,92+,93+,94+/m0/s1. The first-order valence-corrected chi connectivity index (χ1v) is 49.9. The minimum Gasteiger partial charge on any atom is -0.497 e. The van der Waals surface area contributed by atoms with E-state index in [9.17, 15) is 81.5 Å². The highest BCUT2D eigenvalue weighted by Crippen LogP contribution is 2.43. The van der Waals surface area contributed by atoms with Crippen LogP contribution >= 0.6 is 8.02 Å². The van der Waals surface area contributed by atoms with Gasteiger partial charge in [-0.25, -0.2) is 11.2 Å². The molecule has 47 heteroatoms. The number of carbonyl (C=O) groups excluding carboxylic acids is 18. The van der Waals surface area contributed by atoms with Crippen molar-refractivity contribution in [3.8, 4) is 11.5 Å². The Balaban J connectivity index is 1.32. The predicted octanol–water partition coefficient (Wildman–Crippen LogP) is 4.70. The summed E-state index contributed by atoms with van der Waals surface area (Å²) in [6.07, 6.45) is -17.2. The number of unbranched alkanes of at least 4 members (excludes halogenated alkanes) is 4. The predicted molar refractivity (Wildman–Crippen MR) is 504 cm³/mol. The van der Waals surface area contributed by atoms with Crippen molar-refractivity contribution >= 4 is 135 Å². The Morgan fingerprint density at radius 1 is 0.401 bits per heavy atom. The van der Waals surface area contributed by atoms with Crippen molar-refractivity contribution < 1.29 is 176 Å². The Bertz CT molecular complexity index is 4730. The Labute approximate surface area is 832 Å². The maximum atomic E-state index is 16.1.